The van der Waals surface area contributed by atoms with Crippen LogP contribution in [0.15, 0.2) is 0 Å². The molecule has 1 heterocycles. The first-order chi connectivity index (χ1) is 6.90. The van der Waals surface area contributed by atoms with Crippen LogP contribution in [-0.4, -0.2) is 49.1 Å². The Morgan fingerprint density at radius 2 is 2.07 bits per heavy atom. The quantitative estimate of drug-likeness (QED) is 0.656. The summed E-state index contributed by atoms with van der Waals surface area (Å²) >= 11 is 0. The van der Waals surface area contributed by atoms with Gasteiger partial charge in [-0.25, -0.2) is 0 Å². The fourth-order valence-electron chi connectivity index (χ4n) is 1.70. The fourth-order valence-corrected chi connectivity index (χ4v) is 1.70. The molecule has 0 radical (unpaired) electrons. The molecule has 0 bridgehead atoms. The molecule has 0 saturated carbocycles. The number of hydrogen-bond acceptors (Lipinski definition) is 3. The van der Waals surface area contributed by atoms with Crippen LogP contribution in [0.4, 0.5) is 0 Å². The van der Waals surface area contributed by atoms with Gasteiger partial charge in [-0.15, -0.1) is 0 Å². The molecule has 88 valence electrons. The highest BCUT2D eigenvalue weighted by Gasteiger charge is 2.27. The summed E-state index contributed by atoms with van der Waals surface area (Å²) in [6.07, 6.45) is 0.935. The van der Waals surface area contributed by atoms with E-state index < -0.39 is 0 Å². The molecule has 4 nitrogen and oxygen atoms in total. The van der Waals surface area contributed by atoms with E-state index in [9.17, 15) is 4.79 Å². The lowest BCUT2D eigenvalue weighted by molar-refractivity contribution is -0.128. The summed E-state index contributed by atoms with van der Waals surface area (Å²) in [5.41, 5.74) is 0.151. The third kappa shape index (κ3) is 4.18. The van der Waals surface area contributed by atoms with Crippen LogP contribution in [0.25, 0.3) is 0 Å². The summed E-state index contributed by atoms with van der Waals surface area (Å²) in [5, 5.41) is 6.67. The highest BCUT2D eigenvalue weighted by Crippen LogP contribution is 2.07. The number of hydrogen-bond donors (Lipinski definition) is 2. The average molecular weight is 213 g/mol. The van der Waals surface area contributed by atoms with E-state index in [1.54, 1.807) is 4.90 Å². The van der Waals surface area contributed by atoms with Crippen molar-refractivity contribution in [2.24, 2.45) is 0 Å². The number of likely N-dealkylation sites (tertiary alicyclic amines) is 1. The van der Waals surface area contributed by atoms with Crippen LogP contribution in [0.5, 0.6) is 0 Å². The molecule has 1 rings (SSSR count). The Kier molecular flexibility index (Phi) is 4.11. The second kappa shape index (κ2) is 4.94. The van der Waals surface area contributed by atoms with Crippen molar-refractivity contribution in [1.82, 2.24) is 15.5 Å². The van der Waals surface area contributed by atoms with E-state index >= 15 is 0 Å². The molecule has 0 aromatic heterocycles. The number of rotatable bonds is 4. The smallest absolute Gasteiger partial charge is 0.239 e. The first-order valence-corrected chi connectivity index (χ1v) is 5.63. The molecule has 0 aromatic carbocycles. The molecular formula is C11H23N3O. The summed E-state index contributed by atoms with van der Waals surface area (Å²) < 4.78 is 0. The normalized spacial score (nSPS) is 22.5. The van der Waals surface area contributed by atoms with E-state index in [0.29, 0.717) is 0 Å². The number of carbonyl (C=O) groups excluding carboxylic acids is 1. The van der Waals surface area contributed by atoms with E-state index in [2.05, 4.69) is 31.4 Å². The SMILES string of the molecule is CN1CCC(NCCNC(C)(C)C)C1=O. The number of nitrogens with one attached hydrogen (secondary N) is 2. The predicted octanol–water partition coefficient (Wildman–Crippen LogP) is 0.195. The van der Waals surface area contributed by atoms with Gasteiger partial charge in [0.15, 0.2) is 0 Å². The van der Waals surface area contributed by atoms with Gasteiger partial charge in [0, 0.05) is 32.2 Å². The lowest BCUT2D eigenvalue weighted by Crippen LogP contribution is -2.44. The van der Waals surface area contributed by atoms with Crippen molar-refractivity contribution in [3.8, 4) is 0 Å². The van der Waals surface area contributed by atoms with Crippen LogP contribution in [0.1, 0.15) is 27.2 Å². The molecule has 1 amide bonds. The minimum absolute atomic E-state index is 0.0387. The van der Waals surface area contributed by atoms with Crippen molar-refractivity contribution in [2.75, 3.05) is 26.7 Å². The maximum absolute atomic E-state index is 11.5. The molecule has 2 N–H and O–H groups in total. The zero-order valence-corrected chi connectivity index (χ0v) is 10.3. The standard InChI is InChI=1S/C11H23N3O/c1-11(2,3)13-7-6-12-9-5-8-14(4)10(9)15/h9,12-13H,5-8H2,1-4H3. The Labute approximate surface area is 92.4 Å². The maximum atomic E-state index is 11.5. The van der Waals surface area contributed by atoms with Gasteiger partial charge in [0.1, 0.15) is 0 Å². The Morgan fingerprint density at radius 1 is 1.40 bits per heavy atom. The Bertz CT molecular complexity index is 222. The molecule has 0 aliphatic carbocycles. The number of carbonyl (C=O) groups is 1. The lowest BCUT2D eigenvalue weighted by Gasteiger charge is -2.21. The highest BCUT2D eigenvalue weighted by molar-refractivity contribution is 5.83. The molecule has 1 aliphatic rings. The van der Waals surface area contributed by atoms with E-state index in [0.717, 1.165) is 26.1 Å². The fraction of sp³-hybridized carbons (Fsp3) is 0.909. The van der Waals surface area contributed by atoms with Crippen molar-refractivity contribution in [1.29, 1.82) is 0 Å². The van der Waals surface area contributed by atoms with Crippen LogP contribution in [-0.2, 0) is 4.79 Å². The summed E-state index contributed by atoms with van der Waals surface area (Å²) in [5.74, 6) is 0.228. The van der Waals surface area contributed by atoms with Gasteiger partial charge in [-0.2, -0.15) is 0 Å². The zero-order chi connectivity index (χ0) is 11.5. The largest absolute Gasteiger partial charge is 0.344 e. The third-order valence-corrected chi connectivity index (χ3v) is 2.60. The monoisotopic (exact) mass is 213 g/mol. The molecule has 0 spiro atoms. The summed E-state index contributed by atoms with van der Waals surface area (Å²) in [7, 11) is 1.86. The van der Waals surface area contributed by atoms with Crippen molar-refractivity contribution in [3.05, 3.63) is 0 Å². The topological polar surface area (TPSA) is 44.4 Å². The molecule has 4 heteroatoms. The molecule has 1 saturated heterocycles. The van der Waals surface area contributed by atoms with Crippen LogP contribution in [0.2, 0.25) is 0 Å². The van der Waals surface area contributed by atoms with Gasteiger partial charge in [-0.3, -0.25) is 4.79 Å². The van der Waals surface area contributed by atoms with Gasteiger partial charge >= 0.3 is 0 Å². The first-order valence-electron chi connectivity index (χ1n) is 5.63. The lowest BCUT2D eigenvalue weighted by atomic mass is 10.1. The van der Waals surface area contributed by atoms with Crippen molar-refractivity contribution >= 4 is 5.91 Å². The van der Waals surface area contributed by atoms with E-state index in [1.807, 2.05) is 7.05 Å². The van der Waals surface area contributed by atoms with E-state index in [-0.39, 0.29) is 17.5 Å². The average Bonchev–Trinajstić information content (AvgIpc) is 2.42. The Hall–Kier alpha value is -0.610. The van der Waals surface area contributed by atoms with E-state index in [4.69, 9.17) is 0 Å². The van der Waals surface area contributed by atoms with Crippen LogP contribution < -0.4 is 10.6 Å². The van der Waals surface area contributed by atoms with Gasteiger partial charge in [-0.05, 0) is 27.2 Å². The molecular weight excluding hydrogens is 190 g/mol. The van der Waals surface area contributed by atoms with Gasteiger partial charge < -0.3 is 15.5 Å². The number of likely N-dealkylation sites (N-methyl/N-ethyl adjacent to an activating group) is 1. The van der Waals surface area contributed by atoms with Crippen molar-refractivity contribution in [2.45, 2.75) is 38.8 Å². The maximum Gasteiger partial charge on any atom is 0.239 e. The minimum Gasteiger partial charge on any atom is -0.344 e. The summed E-state index contributed by atoms with van der Waals surface area (Å²) in [6.45, 7) is 9.05. The molecule has 1 atom stereocenters. The van der Waals surface area contributed by atoms with Gasteiger partial charge in [-0.1, -0.05) is 0 Å². The molecule has 15 heavy (non-hydrogen) atoms. The minimum atomic E-state index is 0.0387. The van der Waals surface area contributed by atoms with Crippen LogP contribution >= 0.6 is 0 Å². The second-order valence-corrected chi connectivity index (χ2v) is 5.23. The number of amides is 1. The van der Waals surface area contributed by atoms with Gasteiger partial charge in [0.25, 0.3) is 0 Å². The second-order valence-electron chi connectivity index (χ2n) is 5.23. The number of nitrogens with zero attached hydrogens (tertiary/aromatic N) is 1. The Balaban J connectivity index is 2.14. The third-order valence-electron chi connectivity index (χ3n) is 2.60. The zero-order valence-electron chi connectivity index (χ0n) is 10.3. The predicted molar refractivity (Wildman–Crippen MR) is 61.8 cm³/mol. The molecule has 0 aromatic rings. The molecule has 1 aliphatic heterocycles. The van der Waals surface area contributed by atoms with Gasteiger partial charge in [0.05, 0.1) is 6.04 Å². The first kappa shape index (κ1) is 12.5. The van der Waals surface area contributed by atoms with Crippen molar-refractivity contribution in [3.63, 3.8) is 0 Å². The van der Waals surface area contributed by atoms with Crippen molar-refractivity contribution < 1.29 is 4.79 Å². The van der Waals surface area contributed by atoms with E-state index in [1.165, 1.54) is 0 Å². The van der Waals surface area contributed by atoms with Crippen LogP contribution in [0.3, 0.4) is 0 Å². The van der Waals surface area contributed by atoms with Gasteiger partial charge in [0.2, 0.25) is 5.91 Å². The van der Waals surface area contributed by atoms with Crippen LogP contribution in [0, 0.1) is 0 Å². The Morgan fingerprint density at radius 3 is 2.53 bits per heavy atom. The molecule has 1 fully saturated rings. The summed E-state index contributed by atoms with van der Waals surface area (Å²) in [4.78, 5) is 13.3. The summed E-state index contributed by atoms with van der Waals surface area (Å²) in [6, 6.07) is 0.0387. The highest BCUT2D eigenvalue weighted by atomic mass is 16.2. The molecule has 1 unspecified atom stereocenters.